The number of nitrogens with zero attached hydrogens (tertiary/aromatic N) is 4. The molecule has 0 radical (unpaired) electrons. The van der Waals surface area contributed by atoms with Gasteiger partial charge in [0.1, 0.15) is 0 Å². The van der Waals surface area contributed by atoms with Crippen molar-refractivity contribution in [3.05, 3.63) is 5.82 Å². The second-order valence-corrected chi connectivity index (χ2v) is 6.58. The van der Waals surface area contributed by atoms with Crippen LogP contribution < -0.4 is 10.0 Å². The van der Waals surface area contributed by atoms with E-state index in [0.717, 1.165) is 25.9 Å². The minimum absolute atomic E-state index is 0.0488. The number of tetrazole rings is 1. The number of aromatic nitrogens is 4. The highest BCUT2D eigenvalue weighted by Crippen LogP contribution is 2.18. The summed E-state index contributed by atoms with van der Waals surface area (Å²) >= 11 is 0. The molecule has 1 unspecified atom stereocenters. The van der Waals surface area contributed by atoms with Crippen LogP contribution >= 0.6 is 0 Å². The van der Waals surface area contributed by atoms with E-state index in [2.05, 4.69) is 30.7 Å². The Hall–Kier alpha value is -1.10. The Kier molecular flexibility index (Phi) is 5.40. The Morgan fingerprint density at radius 1 is 1.50 bits per heavy atom. The molecule has 20 heavy (non-hydrogen) atoms. The van der Waals surface area contributed by atoms with Gasteiger partial charge in [0.25, 0.3) is 10.2 Å². The van der Waals surface area contributed by atoms with E-state index in [1.165, 1.54) is 4.31 Å². The van der Waals surface area contributed by atoms with Gasteiger partial charge in [-0.1, -0.05) is 12.1 Å². The molecule has 1 saturated heterocycles. The number of aromatic amines is 1. The summed E-state index contributed by atoms with van der Waals surface area (Å²) in [5, 5.41) is 16.4. The fourth-order valence-corrected chi connectivity index (χ4v) is 3.54. The molecule has 2 rings (SSSR count). The van der Waals surface area contributed by atoms with Crippen LogP contribution in [-0.4, -0.2) is 59.5 Å². The van der Waals surface area contributed by atoms with Gasteiger partial charge < -0.3 is 5.32 Å². The molecule has 0 spiro atoms. The first-order valence-corrected chi connectivity index (χ1v) is 8.23. The first kappa shape index (κ1) is 15.3. The van der Waals surface area contributed by atoms with Crippen molar-refractivity contribution in [1.82, 2.24) is 35.0 Å². The van der Waals surface area contributed by atoms with Crippen molar-refractivity contribution < 1.29 is 8.42 Å². The van der Waals surface area contributed by atoms with E-state index in [-0.39, 0.29) is 6.54 Å². The lowest BCUT2D eigenvalue weighted by Gasteiger charge is -2.31. The lowest BCUT2D eigenvalue weighted by atomic mass is 10.00. The molecular weight excluding hydrogens is 282 g/mol. The number of nitrogens with one attached hydrogen (secondary N) is 3. The van der Waals surface area contributed by atoms with Gasteiger partial charge in [-0.05, 0) is 31.8 Å². The Morgan fingerprint density at radius 3 is 3.05 bits per heavy atom. The van der Waals surface area contributed by atoms with Gasteiger partial charge in [-0.25, -0.2) is 0 Å². The molecule has 10 heteroatoms. The van der Waals surface area contributed by atoms with Gasteiger partial charge in [0.2, 0.25) is 0 Å². The van der Waals surface area contributed by atoms with Gasteiger partial charge >= 0.3 is 0 Å². The molecule has 3 N–H and O–H groups in total. The summed E-state index contributed by atoms with van der Waals surface area (Å²) in [7, 11) is -3.48. The smallest absolute Gasteiger partial charge is 0.279 e. The van der Waals surface area contributed by atoms with Gasteiger partial charge in [0.05, 0.1) is 6.54 Å². The number of hydrogen-bond donors (Lipinski definition) is 3. The van der Waals surface area contributed by atoms with Crippen molar-refractivity contribution in [3.63, 3.8) is 0 Å². The monoisotopic (exact) mass is 303 g/mol. The molecule has 0 saturated carbocycles. The number of hydrogen-bond acceptors (Lipinski definition) is 6. The fourth-order valence-electron chi connectivity index (χ4n) is 2.26. The second-order valence-electron chi connectivity index (χ2n) is 4.83. The zero-order valence-corrected chi connectivity index (χ0v) is 12.4. The summed E-state index contributed by atoms with van der Waals surface area (Å²) in [6, 6.07) is 0. The SMILES string of the molecule is CCNCC1CCCN(S(=O)(=O)NCc2nn[nH]n2)C1. The molecule has 1 atom stereocenters. The van der Waals surface area contributed by atoms with E-state index >= 15 is 0 Å². The highest BCUT2D eigenvalue weighted by Gasteiger charge is 2.28. The molecule has 1 fully saturated rings. The van der Waals surface area contributed by atoms with E-state index in [0.29, 0.717) is 24.8 Å². The normalized spacial score (nSPS) is 21.1. The minimum atomic E-state index is -3.48. The maximum atomic E-state index is 12.2. The number of piperidine rings is 1. The zero-order valence-electron chi connectivity index (χ0n) is 11.5. The quantitative estimate of drug-likeness (QED) is 0.586. The molecule has 0 bridgehead atoms. The van der Waals surface area contributed by atoms with Crippen LogP contribution in [0.15, 0.2) is 0 Å². The first-order chi connectivity index (χ1) is 9.62. The lowest BCUT2D eigenvalue weighted by Crippen LogP contribution is -2.47. The van der Waals surface area contributed by atoms with Crippen LogP contribution in [0.4, 0.5) is 0 Å². The largest absolute Gasteiger partial charge is 0.317 e. The molecule has 0 aliphatic carbocycles. The number of H-pyrrole nitrogens is 1. The lowest BCUT2D eigenvalue weighted by molar-refractivity contribution is 0.258. The maximum absolute atomic E-state index is 12.2. The summed E-state index contributed by atoms with van der Waals surface area (Å²) in [6.07, 6.45) is 1.95. The molecule has 0 aromatic carbocycles. The van der Waals surface area contributed by atoms with Crippen molar-refractivity contribution in [1.29, 1.82) is 0 Å². The van der Waals surface area contributed by atoms with Crippen LogP contribution in [0.25, 0.3) is 0 Å². The topological polar surface area (TPSA) is 116 Å². The predicted octanol–water partition coefficient (Wildman–Crippen LogP) is -1.14. The van der Waals surface area contributed by atoms with Crippen molar-refractivity contribution in [2.24, 2.45) is 5.92 Å². The Bertz CT molecular complexity index is 490. The van der Waals surface area contributed by atoms with Crippen molar-refractivity contribution >= 4 is 10.2 Å². The Morgan fingerprint density at radius 2 is 2.35 bits per heavy atom. The maximum Gasteiger partial charge on any atom is 0.279 e. The standard InChI is InChI=1S/C10H21N7O2S/c1-2-11-6-9-4-3-5-17(8-9)20(18,19)12-7-10-13-15-16-14-10/h9,11-12H,2-8H2,1H3,(H,13,14,15,16). The fraction of sp³-hybridized carbons (Fsp3) is 0.900. The summed E-state index contributed by atoms with van der Waals surface area (Å²) in [5.74, 6) is 0.695. The molecule has 1 aromatic heterocycles. The first-order valence-electron chi connectivity index (χ1n) is 6.79. The van der Waals surface area contributed by atoms with E-state index < -0.39 is 10.2 Å². The molecule has 1 aliphatic heterocycles. The third-order valence-corrected chi connectivity index (χ3v) is 4.83. The van der Waals surface area contributed by atoms with Crippen LogP contribution in [0.2, 0.25) is 0 Å². The summed E-state index contributed by atoms with van der Waals surface area (Å²) in [5.41, 5.74) is 0. The summed E-state index contributed by atoms with van der Waals surface area (Å²) < 4.78 is 28.4. The van der Waals surface area contributed by atoms with Gasteiger partial charge in [0.15, 0.2) is 5.82 Å². The number of rotatable bonds is 7. The minimum Gasteiger partial charge on any atom is -0.317 e. The van der Waals surface area contributed by atoms with Crippen molar-refractivity contribution in [3.8, 4) is 0 Å². The molecule has 1 aromatic rings. The van der Waals surface area contributed by atoms with Crippen LogP contribution in [-0.2, 0) is 16.8 Å². The van der Waals surface area contributed by atoms with E-state index in [4.69, 9.17) is 0 Å². The molecule has 0 amide bonds. The molecular formula is C10H21N7O2S. The zero-order chi connectivity index (χ0) is 14.4. The van der Waals surface area contributed by atoms with E-state index in [9.17, 15) is 8.42 Å². The van der Waals surface area contributed by atoms with Crippen molar-refractivity contribution in [2.75, 3.05) is 26.2 Å². The Labute approximate surface area is 118 Å². The van der Waals surface area contributed by atoms with E-state index in [1.807, 2.05) is 6.92 Å². The predicted molar refractivity (Wildman–Crippen MR) is 72.8 cm³/mol. The van der Waals surface area contributed by atoms with Crippen molar-refractivity contribution in [2.45, 2.75) is 26.3 Å². The highest BCUT2D eigenvalue weighted by atomic mass is 32.2. The second kappa shape index (κ2) is 7.07. The Balaban J connectivity index is 1.87. The highest BCUT2D eigenvalue weighted by molar-refractivity contribution is 7.87. The molecule has 1 aliphatic rings. The van der Waals surface area contributed by atoms with Gasteiger partial charge in [-0.15, -0.1) is 10.2 Å². The van der Waals surface area contributed by atoms with E-state index in [1.54, 1.807) is 0 Å². The summed E-state index contributed by atoms with van der Waals surface area (Å²) in [4.78, 5) is 0. The van der Waals surface area contributed by atoms with Gasteiger partial charge in [0, 0.05) is 13.1 Å². The summed E-state index contributed by atoms with van der Waals surface area (Å²) in [6.45, 7) is 4.96. The third kappa shape index (κ3) is 4.20. The van der Waals surface area contributed by atoms with Gasteiger partial charge in [-0.3, -0.25) is 0 Å². The molecule has 114 valence electrons. The van der Waals surface area contributed by atoms with Crippen LogP contribution in [0.1, 0.15) is 25.6 Å². The van der Waals surface area contributed by atoms with Crippen LogP contribution in [0, 0.1) is 5.92 Å². The third-order valence-electron chi connectivity index (χ3n) is 3.31. The average Bonchev–Trinajstić information content (AvgIpc) is 2.97. The van der Waals surface area contributed by atoms with Gasteiger partial charge in [-0.2, -0.15) is 22.7 Å². The average molecular weight is 303 g/mol. The molecule has 9 nitrogen and oxygen atoms in total. The van der Waals surface area contributed by atoms with Crippen LogP contribution in [0.5, 0.6) is 0 Å². The molecule has 2 heterocycles. The van der Waals surface area contributed by atoms with Crippen LogP contribution in [0.3, 0.4) is 0 Å².